The van der Waals surface area contributed by atoms with Gasteiger partial charge in [0.05, 0.1) is 29.6 Å². The fourth-order valence-corrected chi connectivity index (χ4v) is 4.47. The summed E-state index contributed by atoms with van der Waals surface area (Å²) in [4.78, 5) is 22.0. The number of anilines is 1. The number of nitrogens with zero attached hydrogens (tertiary/aromatic N) is 5. The third-order valence-electron chi connectivity index (χ3n) is 6.10. The van der Waals surface area contributed by atoms with Crippen LogP contribution in [0.3, 0.4) is 0 Å². The lowest BCUT2D eigenvalue weighted by Crippen LogP contribution is -2.29. The molecule has 1 aliphatic rings. The molecule has 0 fully saturated rings. The number of aryl methyl sites for hydroxylation is 1. The van der Waals surface area contributed by atoms with Crippen LogP contribution in [0.5, 0.6) is 0 Å². The minimum Gasteiger partial charge on any atom is -0.345 e. The number of carbonyl (C=O) groups is 1. The molecule has 0 saturated heterocycles. The van der Waals surface area contributed by atoms with E-state index in [2.05, 4.69) is 25.3 Å². The zero-order valence-corrected chi connectivity index (χ0v) is 17.9. The van der Waals surface area contributed by atoms with Gasteiger partial charge < -0.3 is 4.98 Å². The van der Waals surface area contributed by atoms with E-state index in [-0.39, 0.29) is 27.1 Å². The van der Waals surface area contributed by atoms with E-state index in [4.69, 9.17) is 0 Å². The fourth-order valence-electron chi connectivity index (χ4n) is 4.47. The van der Waals surface area contributed by atoms with Crippen LogP contribution in [0.2, 0.25) is 0 Å². The standard InChI is InChI=1S/C23H15F4N7O/c1-11-19-20(32-31-11)22(35)34(14-3-5-17-18(7-14)29-10-28-17)21(19)15-4-2-12(6-16(15)24)13-8-30-33(9-13)23(25,26)27/h2-10,21H,1H3,(H,28,29)(H,31,32). The normalized spacial score (nSPS) is 15.9. The third-order valence-corrected chi connectivity index (χ3v) is 6.10. The predicted molar refractivity (Wildman–Crippen MR) is 117 cm³/mol. The Kier molecular flexibility index (Phi) is 4.37. The van der Waals surface area contributed by atoms with Crippen LogP contribution in [0.25, 0.3) is 22.2 Å². The number of rotatable bonds is 3. The number of carbonyl (C=O) groups excluding carboxylic acids is 1. The van der Waals surface area contributed by atoms with E-state index in [0.29, 0.717) is 28.0 Å². The van der Waals surface area contributed by atoms with Gasteiger partial charge in [0.1, 0.15) is 5.82 Å². The largest absolute Gasteiger partial charge is 0.504 e. The minimum atomic E-state index is -4.67. The molecule has 8 nitrogen and oxygen atoms in total. The second kappa shape index (κ2) is 7.26. The molecule has 0 radical (unpaired) electrons. The number of aromatic nitrogens is 6. The maximum atomic E-state index is 15.5. The molecule has 0 bridgehead atoms. The Morgan fingerprint density at radius 1 is 1.09 bits per heavy atom. The third kappa shape index (κ3) is 3.21. The molecule has 1 amide bonds. The summed E-state index contributed by atoms with van der Waals surface area (Å²) in [5, 5.41) is 10.2. The molecule has 6 rings (SSSR count). The van der Waals surface area contributed by atoms with Crippen LogP contribution in [0.1, 0.15) is 33.4 Å². The molecule has 176 valence electrons. The average molecular weight is 481 g/mol. The van der Waals surface area contributed by atoms with Gasteiger partial charge >= 0.3 is 6.30 Å². The first-order chi connectivity index (χ1) is 16.7. The summed E-state index contributed by atoms with van der Waals surface area (Å²) in [6.07, 6.45) is -1.33. The van der Waals surface area contributed by atoms with Crippen LogP contribution in [0.4, 0.5) is 23.2 Å². The van der Waals surface area contributed by atoms with Crippen LogP contribution in [-0.4, -0.2) is 35.9 Å². The van der Waals surface area contributed by atoms with Crippen molar-refractivity contribution in [3.63, 3.8) is 0 Å². The molecule has 0 spiro atoms. The van der Waals surface area contributed by atoms with Crippen molar-refractivity contribution in [3.8, 4) is 11.1 Å². The van der Waals surface area contributed by atoms with Crippen LogP contribution < -0.4 is 4.90 Å². The Balaban J connectivity index is 1.46. The number of alkyl halides is 3. The van der Waals surface area contributed by atoms with Crippen molar-refractivity contribution in [1.82, 2.24) is 29.9 Å². The highest BCUT2D eigenvalue weighted by Gasteiger charge is 2.43. The van der Waals surface area contributed by atoms with Crippen molar-refractivity contribution < 1.29 is 22.4 Å². The Morgan fingerprint density at radius 3 is 2.66 bits per heavy atom. The molecular formula is C23H15F4N7O. The first-order valence-corrected chi connectivity index (χ1v) is 10.5. The van der Waals surface area contributed by atoms with Crippen molar-refractivity contribution in [2.75, 3.05) is 4.90 Å². The summed E-state index contributed by atoms with van der Waals surface area (Å²) < 4.78 is 54.1. The first kappa shape index (κ1) is 21.1. The van der Waals surface area contributed by atoms with E-state index in [1.165, 1.54) is 23.4 Å². The zero-order valence-electron chi connectivity index (χ0n) is 17.9. The van der Waals surface area contributed by atoms with Crippen LogP contribution in [0, 0.1) is 12.7 Å². The predicted octanol–water partition coefficient (Wildman–Crippen LogP) is 4.82. The van der Waals surface area contributed by atoms with Gasteiger partial charge in [-0.3, -0.25) is 14.8 Å². The number of aromatic amines is 2. The SMILES string of the molecule is Cc1[nH]nc2c1C(c1ccc(-c3cnn(C(F)(F)F)c3)cc1F)N(c1ccc3nc[nH]c3c1)C2=O. The van der Waals surface area contributed by atoms with Crippen molar-refractivity contribution in [2.45, 2.75) is 19.3 Å². The van der Waals surface area contributed by atoms with Gasteiger partial charge in [-0.05, 0) is 36.8 Å². The smallest absolute Gasteiger partial charge is 0.345 e. The molecule has 3 aromatic heterocycles. The Hall–Kier alpha value is -4.48. The van der Waals surface area contributed by atoms with Crippen molar-refractivity contribution in [3.05, 3.63) is 83.5 Å². The topological polar surface area (TPSA) is 95.5 Å². The fraction of sp³-hybridized carbons (Fsp3) is 0.130. The van der Waals surface area contributed by atoms with E-state index in [1.807, 2.05) is 0 Å². The van der Waals surface area contributed by atoms with E-state index < -0.39 is 24.1 Å². The molecular weight excluding hydrogens is 466 g/mol. The van der Waals surface area contributed by atoms with Crippen molar-refractivity contribution in [2.24, 2.45) is 0 Å². The highest BCUT2D eigenvalue weighted by Crippen LogP contribution is 2.44. The van der Waals surface area contributed by atoms with Crippen LogP contribution in [0.15, 0.2) is 55.1 Å². The summed E-state index contributed by atoms with van der Waals surface area (Å²) in [5.74, 6) is -1.08. The number of halogens is 4. The highest BCUT2D eigenvalue weighted by molar-refractivity contribution is 6.11. The summed E-state index contributed by atoms with van der Waals surface area (Å²) in [6.45, 7) is 1.74. The van der Waals surface area contributed by atoms with Gasteiger partial charge in [-0.2, -0.15) is 14.9 Å². The maximum Gasteiger partial charge on any atom is 0.504 e. The maximum absolute atomic E-state index is 15.5. The van der Waals surface area contributed by atoms with Gasteiger partial charge in [0, 0.05) is 34.3 Å². The summed E-state index contributed by atoms with van der Waals surface area (Å²) in [6, 6.07) is 8.50. The Morgan fingerprint density at radius 2 is 1.91 bits per heavy atom. The zero-order chi connectivity index (χ0) is 24.5. The molecule has 1 atom stereocenters. The minimum absolute atomic E-state index is 0.108. The van der Waals surface area contributed by atoms with Gasteiger partial charge in [0.25, 0.3) is 5.91 Å². The molecule has 4 heterocycles. The lowest BCUT2D eigenvalue weighted by molar-refractivity contribution is -0.212. The molecule has 12 heteroatoms. The first-order valence-electron chi connectivity index (χ1n) is 10.5. The summed E-state index contributed by atoms with van der Waals surface area (Å²) in [7, 11) is 0. The summed E-state index contributed by atoms with van der Waals surface area (Å²) in [5.41, 5.74) is 3.78. The molecule has 2 aromatic carbocycles. The molecule has 0 saturated carbocycles. The number of hydrogen-bond acceptors (Lipinski definition) is 4. The second-order valence-corrected chi connectivity index (χ2v) is 8.17. The van der Waals surface area contributed by atoms with Gasteiger partial charge in [0.2, 0.25) is 0 Å². The monoisotopic (exact) mass is 481 g/mol. The van der Waals surface area contributed by atoms with Crippen molar-refractivity contribution >= 4 is 22.6 Å². The lowest BCUT2D eigenvalue weighted by atomic mass is 9.96. The average Bonchev–Trinajstić information content (AvgIpc) is 3.59. The number of amides is 1. The van der Waals surface area contributed by atoms with Gasteiger partial charge in [-0.15, -0.1) is 13.2 Å². The Bertz CT molecular complexity index is 1610. The Labute approximate surface area is 194 Å². The molecule has 35 heavy (non-hydrogen) atoms. The number of benzene rings is 2. The van der Waals surface area contributed by atoms with E-state index in [1.54, 1.807) is 25.1 Å². The molecule has 5 aromatic rings. The van der Waals surface area contributed by atoms with E-state index >= 15 is 4.39 Å². The van der Waals surface area contributed by atoms with Gasteiger partial charge in [0.15, 0.2) is 5.69 Å². The number of H-pyrrole nitrogens is 2. The quantitative estimate of drug-likeness (QED) is 0.361. The van der Waals surface area contributed by atoms with Crippen molar-refractivity contribution in [1.29, 1.82) is 0 Å². The number of hydrogen-bond donors (Lipinski definition) is 2. The molecule has 2 N–H and O–H groups in total. The molecule has 1 aliphatic heterocycles. The lowest BCUT2D eigenvalue weighted by Gasteiger charge is -2.27. The summed E-state index contributed by atoms with van der Waals surface area (Å²) >= 11 is 0. The van der Waals surface area contributed by atoms with E-state index in [0.717, 1.165) is 18.5 Å². The number of imidazole rings is 1. The second-order valence-electron chi connectivity index (χ2n) is 8.17. The van der Waals surface area contributed by atoms with Crippen LogP contribution >= 0.6 is 0 Å². The van der Waals surface area contributed by atoms with Gasteiger partial charge in [-0.25, -0.2) is 9.37 Å². The number of fused-ring (bicyclic) bond motifs is 2. The van der Waals surface area contributed by atoms with Crippen LogP contribution in [-0.2, 0) is 6.30 Å². The molecule has 0 aliphatic carbocycles. The van der Waals surface area contributed by atoms with E-state index in [9.17, 15) is 18.0 Å². The van der Waals surface area contributed by atoms with Gasteiger partial charge in [-0.1, -0.05) is 12.1 Å². The highest BCUT2D eigenvalue weighted by atomic mass is 19.4. The number of nitrogens with one attached hydrogen (secondary N) is 2. The molecule has 1 unspecified atom stereocenters.